The van der Waals surface area contributed by atoms with Crippen LogP contribution in [0.1, 0.15) is 27.2 Å². The van der Waals surface area contributed by atoms with Crippen molar-refractivity contribution in [3.63, 3.8) is 0 Å². The number of aromatic carboxylic acids is 1. The van der Waals surface area contributed by atoms with Crippen molar-refractivity contribution in [2.24, 2.45) is 0 Å². The van der Waals surface area contributed by atoms with Crippen LogP contribution in [-0.2, 0) is 13.0 Å². The maximum Gasteiger partial charge on any atom is 0.335 e. The third-order valence-corrected chi connectivity index (χ3v) is 3.55. The zero-order chi connectivity index (χ0) is 15.2. The Hall–Kier alpha value is -2.20. The molecule has 0 bridgehead atoms. The molecule has 1 N–H and O–H groups in total. The molecule has 0 saturated heterocycles. The second kappa shape index (κ2) is 6.99. The summed E-state index contributed by atoms with van der Waals surface area (Å²) < 4.78 is 0. The molecule has 0 amide bonds. The van der Waals surface area contributed by atoms with Crippen LogP contribution in [0.25, 0.3) is 0 Å². The maximum atomic E-state index is 11.2. The SMILES string of the molecule is Cc1cccnc1CN(C)CCc1ccccc1C(=O)O. The van der Waals surface area contributed by atoms with Crippen LogP contribution in [0.5, 0.6) is 0 Å². The van der Waals surface area contributed by atoms with E-state index in [1.807, 2.05) is 25.2 Å². The lowest BCUT2D eigenvalue weighted by atomic mass is 10.0. The number of carboxylic acid groups (broad SMARTS) is 1. The van der Waals surface area contributed by atoms with Crippen molar-refractivity contribution in [3.8, 4) is 0 Å². The molecule has 0 unspecified atom stereocenters. The molecule has 0 aliphatic carbocycles. The van der Waals surface area contributed by atoms with Crippen LogP contribution in [0.2, 0.25) is 0 Å². The number of hydrogen-bond donors (Lipinski definition) is 1. The number of aromatic nitrogens is 1. The van der Waals surface area contributed by atoms with Gasteiger partial charge in [-0.15, -0.1) is 0 Å². The minimum atomic E-state index is -0.867. The van der Waals surface area contributed by atoms with Gasteiger partial charge in [0, 0.05) is 19.3 Å². The summed E-state index contributed by atoms with van der Waals surface area (Å²) in [6, 6.07) is 11.2. The smallest absolute Gasteiger partial charge is 0.335 e. The Balaban J connectivity index is 1.97. The van der Waals surface area contributed by atoms with Crippen molar-refractivity contribution in [3.05, 3.63) is 65.0 Å². The van der Waals surface area contributed by atoms with Crippen molar-refractivity contribution in [1.29, 1.82) is 0 Å². The van der Waals surface area contributed by atoms with Gasteiger partial charge in [0.25, 0.3) is 0 Å². The number of benzene rings is 1. The number of nitrogens with zero attached hydrogens (tertiary/aromatic N) is 2. The number of rotatable bonds is 6. The Morgan fingerprint density at radius 1 is 1.24 bits per heavy atom. The molecule has 0 aliphatic rings. The Bertz CT molecular complexity index is 626. The highest BCUT2D eigenvalue weighted by molar-refractivity contribution is 5.89. The summed E-state index contributed by atoms with van der Waals surface area (Å²) in [5.41, 5.74) is 3.50. The Morgan fingerprint density at radius 3 is 2.71 bits per heavy atom. The third kappa shape index (κ3) is 4.13. The zero-order valence-electron chi connectivity index (χ0n) is 12.4. The second-order valence-electron chi connectivity index (χ2n) is 5.22. The molecule has 0 atom stereocenters. The molecule has 2 aromatic rings. The van der Waals surface area contributed by atoms with Crippen LogP contribution < -0.4 is 0 Å². The molecule has 0 fully saturated rings. The van der Waals surface area contributed by atoms with Crippen LogP contribution >= 0.6 is 0 Å². The van der Waals surface area contributed by atoms with E-state index >= 15 is 0 Å². The first-order valence-corrected chi connectivity index (χ1v) is 6.98. The first-order valence-electron chi connectivity index (χ1n) is 6.98. The van der Waals surface area contributed by atoms with Crippen LogP contribution in [0, 0.1) is 6.92 Å². The molecule has 1 heterocycles. The largest absolute Gasteiger partial charge is 0.478 e. The van der Waals surface area contributed by atoms with E-state index in [1.54, 1.807) is 18.3 Å². The number of carboxylic acids is 1. The van der Waals surface area contributed by atoms with Gasteiger partial charge < -0.3 is 10.0 Å². The highest BCUT2D eigenvalue weighted by Crippen LogP contribution is 2.11. The quantitative estimate of drug-likeness (QED) is 0.886. The first-order chi connectivity index (χ1) is 10.1. The summed E-state index contributed by atoms with van der Waals surface area (Å²) in [4.78, 5) is 17.7. The van der Waals surface area contributed by atoms with Gasteiger partial charge in [-0.1, -0.05) is 24.3 Å². The van der Waals surface area contributed by atoms with Gasteiger partial charge in [-0.2, -0.15) is 0 Å². The average Bonchev–Trinajstić information content (AvgIpc) is 2.48. The topological polar surface area (TPSA) is 53.4 Å². The molecule has 1 aromatic heterocycles. The van der Waals surface area contributed by atoms with E-state index in [2.05, 4.69) is 22.9 Å². The van der Waals surface area contributed by atoms with Crippen LogP contribution in [0.4, 0.5) is 0 Å². The van der Waals surface area contributed by atoms with Crippen molar-refractivity contribution in [1.82, 2.24) is 9.88 Å². The van der Waals surface area contributed by atoms with Gasteiger partial charge in [-0.25, -0.2) is 4.79 Å². The van der Waals surface area contributed by atoms with E-state index in [0.29, 0.717) is 12.0 Å². The number of aryl methyl sites for hydroxylation is 1. The van der Waals surface area contributed by atoms with Crippen molar-refractivity contribution in [2.75, 3.05) is 13.6 Å². The van der Waals surface area contributed by atoms with Crippen molar-refractivity contribution in [2.45, 2.75) is 19.9 Å². The summed E-state index contributed by atoms with van der Waals surface area (Å²) in [7, 11) is 2.03. The van der Waals surface area contributed by atoms with Crippen molar-refractivity contribution >= 4 is 5.97 Å². The summed E-state index contributed by atoms with van der Waals surface area (Å²) in [5, 5.41) is 9.18. The lowest BCUT2D eigenvalue weighted by molar-refractivity contribution is 0.0695. The molecule has 0 aliphatic heterocycles. The summed E-state index contributed by atoms with van der Waals surface area (Å²) in [5.74, 6) is -0.867. The van der Waals surface area contributed by atoms with Crippen molar-refractivity contribution < 1.29 is 9.90 Å². The summed E-state index contributed by atoms with van der Waals surface area (Å²) in [6.07, 6.45) is 2.51. The lowest BCUT2D eigenvalue weighted by Gasteiger charge is -2.17. The monoisotopic (exact) mass is 284 g/mol. The van der Waals surface area contributed by atoms with Gasteiger partial charge in [0.05, 0.1) is 11.3 Å². The number of carbonyl (C=O) groups is 1. The van der Waals surface area contributed by atoms with Gasteiger partial charge in [0.2, 0.25) is 0 Å². The second-order valence-corrected chi connectivity index (χ2v) is 5.22. The average molecular weight is 284 g/mol. The highest BCUT2D eigenvalue weighted by atomic mass is 16.4. The van der Waals surface area contributed by atoms with E-state index in [1.165, 1.54) is 5.56 Å². The summed E-state index contributed by atoms with van der Waals surface area (Å²) >= 11 is 0. The molecule has 21 heavy (non-hydrogen) atoms. The number of likely N-dealkylation sites (N-methyl/N-ethyl adjacent to an activating group) is 1. The first kappa shape index (κ1) is 15.2. The predicted molar refractivity (Wildman–Crippen MR) is 82.4 cm³/mol. The molecule has 0 radical (unpaired) electrons. The molecule has 4 heteroatoms. The Morgan fingerprint density at radius 2 is 2.00 bits per heavy atom. The maximum absolute atomic E-state index is 11.2. The van der Waals surface area contributed by atoms with Crippen LogP contribution in [0.15, 0.2) is 42.6 Å². The van der Waals surface area contributed by atoms with Crippen LogP contribution in [0.3, 0.4) is 0 Å². The highest BCUT2D eigenvalue weighted by Gasteiger charge is 2.10. The zero-order valence-corrected chi connectivity index (χ0v) is 12.4. The van der Waals surface area contributed by atoms with E-state index in [9.17, 15) is 9.90 Å². The van der Waals surface area contributed by atoms with E-state index < -0.39 is 5.97 Å². The lowest BCUT2D eigenvalue weighted by Crippen LogP contribution is -2.22. The fourth-order valence-electron chi connectivity index (χ4n) is 2.28. The number of pyridine rings is 1. The fraction of sp³-hybridized carbons (Fsp3) is 0.294. The van der Waals surface area contributed by atoms with Gasteiger partial charge in [-0.05, 0) is 43.7 Å². The van der Waals surface area contributed by atoms with E-state index in [0.717, 1.165) is 24.3 Å². The molecular weight excluding hydrogens is 264 g/mol. The standard InChI is InChI=1S/C17H20N2O2/c1-13-6-5-10-18-16(13)12-19(2)11-9-14-7-3-4-8-15(14)17(20)21/h3-8,10H,9,11-12H2,1-2H3,(H,20,21). The Labute approximate surface area is 125 Å². The predicted octanol–water partition coefficient (Wildman–Crippen LogP) is 2.76. The molecule has 4 nitrogen and oxygen atoms in total. The minimum absolute atomic E-state index is 0.389. The summed E-state index contributed by atoms with van der Waals surface area (Å²) in [6.45, 7) is 3.61. The molecule has 110 valence electrons. The fourth-order valence-corrected chi connectivity index (χ4v) is 2.28. The molecule has 0 saturated carbocycles. The van der Waals surface area contributed by atoms with Gasteiger partial charge in [0.15, 0.2) is 0 Å². The minimum Gasteiger partial charge on any atom is -0.478 e. The van der Waals surface area contributed by atoms with E-state index in [4.69, 9.17) is 0 Å². The normalized spacial score (nSPS) is 10.8. The van der Waals surface area contributed by atoms with Gasteiger partial charge in [-0.3, -0.25) is 4.98 Å². The number of hydrogen-bond acceptors (Lipinski definition) is 3. The molecule has 0 spiro atoms. The molecule has 2 rings (SSSR count). The third-order valence-electron chi connectivity index (χ3n) is 3.55. The Kier molecular flexibility index (Phi) is 5.06. The van der Waals surface area contributed by atoms with Gasteiger partial charge >= 0.3 is 5.97 Å². The molecule has 1 aromatic carbocycles. The molecular formula is C17H20N2O2. The van der Waals surface area contributed by atoms with Gasteiger partial charge in [0.1, 0.15) is 0 Å². The van der Waals surface area contributed by atoms with E-state index in [-0.39, 0.29) is 0 Å². The van der Waals surface area contributed by atoms with Crippen LogP contribution in [-0.4, -0.2) is 34.6 Å².